The molecule has 0 aliphatic heterocycles. The third-order valence-electron chi connectivity index (χ3n) is 3.83. The molecular formula is C20H19ClN4O. The van der Waals surface area contributed by atoms with Gasteiger partial charge in [0.05, 0.1) is 0 Å². The minimum absolute atomic E-state index is 0.207. The zero-order valence-corrected chi connectivity index (χ0v) is 15.1. The molecule has 6 heteroatoms. The number of carbonyl (C=O) groups is 1. The molecule has 0 radical (unpaired) electrons. The number of amides is 1. The molecule has 3 aromatic rings. The number of anilines is 2. The van der Waals surface area contributed by atoms with Crippen LogP contribution < -0.4 is 10.6 Å². The van der Waals surface area contributed by atoms with E-state index in [9.17, 15) is 4.79 Å². The Morgan fingerprint density at radius 2 is 1.73 bits per heavy atom. The van der Waals surface area contributed by atoms with Gasteiger partial charge in [0.2, 0.25) is 0 Å². The maximum absolute atomic E-state index is 12.2. The highest BCUT2D eigenvalue weighted by Crippen LogP contribution is 2.12. The van der Waals surface area contributed by atoms with Gasteiger partial charge in [-0.25, -0.2) is 0 Å². The summed E-state index contributed by atoms with van der Waals surface area (Å²) in [5, 5.41) is 14.8. The van der Waals surface area contributed by atoms with Gasteiger partial charge in [0.1, 0.15) is 5.82 Å². The maximum atomic E-state index is 12.2. The van der Waals surface area contributed by atoms with E-state index < -0.39 is 0 Å². The second-order valence-electron chi connectivity index (χ2n) is 5.93. The third-order valence-corrected chi connectivity index (χ3v) is 4.06. The van der Waals surface area contributed by atoms with E-state index in [1.807, 2.05) is 43.3 Å². The minimum Gasteiger partial charge on any atom is -0.368 e. The fraction of sp³-hybridized carbons (Fsp3) is 0.150. The normalized spacial score (nSPS) is 10.4. The Labute approximate surface area is 157 Å². The van der Waals surface area contributed by atoms with Gasteiger partial charge in [-0.1, -0.05) is 41.4 Å². The van der Waals surface area contributed by atoms with Gasteiger partial charge in [0.25, 0.3) is 5.91 Å². The van der Waals surface area contributed by atoms with E-state index in [0.717, 1.165) is 22.6 Å². The van der Waals surface area contributed by atoms with Crippen molar-refractivity contribution in [1.29, 1.82) is 0 Å². The zero-order chi connectivity index (χ0) is 18.4. The Bertz CT molecular complexity index is 879. The van der Waals surface area contributed by atoms with Crippen molar-refractivity contribution in [3.63, 3.8) is 0 Å². The number of aryl methyl sites for hydroxylation is 1. The number of halogens is 1. The van der Waals surface area contributed by atoms with Crippen molar-refractivity contribution in [3.8, 4) is 0 Å². The Hall–Kier alpha value is -2.92. The summed E-state index contributed by atoms with van der Waals surface area (Å²) >= 11 is 5.97. The topological polar surface area (TPSA) is 66.9 Å². The molecule has 2 N–H and O–H groups in total. The summed E-state index contributed by atoms with van der Waals surface area (Å²) in [5.74, 6) is 0.859. The average Bonchev–Trinajstić information content (AvgIpc) is 2.64. The molecule has 26 heavy (non-hydrogen) atoms. The Morgan fingerprint density at radius 1 is 1.00 bits per heavy atom. The fourth-order valence-corrected chi connectivity index (χ4v) is 2.63. The van der Waals surface area contributed by atoms with Crippen LogP contribution in [-0.2, 0) is 6.42 Å². The summed E-state index contributed by atoms with van der Waals surface area (Å²) in [5.41, 5.74) is 2.84. The molecule has 0 bridgehead atoms. The van der Waals surface area contributed by atoms with Crippen LogP contribution in [0.3, 0.4) is 0 Å². The van der Waals surface area contributed by atoms with Crippen molar-refractivity contribution in [2.45, 2.75) is 13.3 Å². The fourth-order valence-electron chi connectivity index (χ4n) is 2.41. The van der Waals surface area contributed by atoms with Gasteiger partial charge in [-0.3, -0.25) is 4.79 Å². The van der Waals surface area contributed by atoms with Gasteiger partial charge >= 0.3 is 0 Å². The number of carbonyl (C=O) groups excluding carboxylic acids is 1. The standard InChI is InChI=1S/C20H19ClN4O/c1-14-5-7-16(8-6-14)20(26)23-19-10-9-18(24-25-19)22-12-11-15-3-2-4-17(21)13-15/h2-10,13H,11-12H2,1H3,(H,22,24)(H,23,25,26). The van der Waals surface area contributed by atoms with Crippen LogP contribution in [0, 0.1) is 6.92 Å². The van der Waals surface area contributed by atoms with E-state index in [2.05, 4.69) is 20.8 Å². The molecule has 1 heterocycles. The van der Waals surface area contributed by atoms with E-state index in [4.69, 9.17) is 11.6 Å². The molecule has 2 aromatic carbocycles. The molecule has 0 aliphatic rings. The molecule has 5 nitrogen and oxygen atoms in total. The molecule has 0 spiro atoms. The Kier molecular flexibility index (Phi) is 5.81. The first-order valence-electron chi connectivity index (χ1n) is 8.30. The van der Waals surface area contributed by atoms with Crippen LogP contribution >= 0.6 is 11.6 Å². The first kappa shape index (κ1) is 17.9. The van der Waals surface area contributed by atoms with Gasteiger partial charge in [0, 0.05) is 17.1 Å². The van der Waals surface area contributed by atoms with E-state index in [1.165, 1.54) is 0 Å². The highest BCUT2D eigenvalue weighted by molar-refractivity contribution is 6.30. The van der Waals surface area contributed by atoms with Crippen LogP contribution in [0.25, 0.3) is 0 Å². The van der Waals surface area contributed by atoms with Crippen molar-refractivity contribution in [2.75, 3.05) is 17.2 Å². The summed E-state index contributed by atoms with van der Waals surface area (Å²) < 4.78 is 0. The Morgan fingerprint density at radius 3 is 2.42 bits per heavy atom. The lowest BCUT2D eigenvalue weighted by Gasteiger charge is -2.07. The molecule has 0 unspecified atom stereocenters. The molecular weight excluding hydrogens is 348 g/mol. The van der Waals surface area contributed by atoms with Crippen LogP contribution in [0.1, 0.15) is 21.5 Å². The number of benzene rings is 2. The number of rotatable bonds is 6. The van der Waals surface area contributed by atoms with Crippen LogP contribution in [0.15, 0.2) is 60.7 Å². The van der Waals surface area contributed by atoms with Crippen molar-refractivity contribution in [2.24, 2.45) is 0 Å². The zero-order valence-electron chi connectivity index (χ0n) is 14.4. The van der Waals surface area contributed by atoms with Crippen LogP contribution in [0.2, 0.25) is 5.02 Å². The second-order valence-corrected chi connectivity index (χ2v) is 6.37. The van der Waals surface area contributed by atoms with E-state index in [-0.39, 0.29) is 5.91 Å². The van der Waals surface area contributed by atoms with E-state index in [1.54, 1.807) is 24.3 Å². The van der Waals surface area contributed by atoms with Gasteiger partial charge in [-0.2, -0.15) is 0 Å². The monoisotopic (exact) mass is 366 g/mol. The number of nitrogens with one attached hydrogen (secondary N) is 2. The molecule has 1 aromatic heterocycles. The van der Waals surface area contributed by atoms with Gasteiger partial charge in [-0.05, 0) is 55.3 Å². The molecule has 0 aliphatic carbocycles. The molecule has 3 rings (SSSR count). The first-order chi connectivity index (χ1) is 12.6. The smallest absolute Gasteiger partial charge is 0.256 e. The lowest BCUT2D eigenvalue weighted by Crippen LogP contribution is -2.14. The highest BCUT2D eigenvalue weighted by atomic mass is 35.5. The summed E-state index contributed by atoms with van der Waals surface area (Å²) in [6.07, 6.45) is 0.828. The summed E-state index contributed by atoms with van der Waals surface area (Å²) in [6, 6.07) is 18.6. The van der Waals surface area contributed by atoms with E-state index >= 15 is 0 Å². The summed E-state index contributed by atoms with van der Waals surface area (Å²) in [7, 11) is 0. The third kappa shape index (κ3) is 5.04. The lowest BCUT2D eigenvalue weighted by atomic mass is 10.1. The number of hydrogen-bond acceptors (Lipinski definition) is 4. The molecule has 0 fully saturated rings. The van der Waals surface area contributed by atoms with Gasteiger partial charge in [-0.15, -0.1) is 10.2 Å². The predicted molar refractivity (Wildman–Crippen MR) is 105 cm³/mol. The van der Waals surface area contributed by atoms with Crippen LogP contribution in [0.5, 0.6) is 0 Å². The summed E-state index contributed by atoms with van der Waals surface area (Å²) in [4.78, 5) is 12.2. The second kappa shape index (κ2) is 8.45. The minimum atomic E-state index is -0.207. The van der Waals surface area contributed by atoms with Crippen molar-refractivity contribution < 1.29 is 4.79 Å². The SMILES string of the molecule is Cc1ccc(C(=O)Nc2ccc(NCCc3cccc(Cl)c3)nn2)cc1. The van der Waals surface area contributed by atoms with Crippen molar-refractivity contribution in [3.05, 3.63) is 82.4 Å². The number of aromatic nitrogens is 2. The van der Waals surface area contributed by atoms with Crippen LogP contribution in [-0.4, -0.2) is 22.6 Å². The molecule has 0 atom stereocenters. The average molecular weight is 367 g/mol. The van der Waals surface area contributed by atoms with Crippen LogP contribution in [0.4, 0.5) is 11.6 Å². The van der Waals surface area contributed by atoms with Gasteiger partial charge in [0.15, 0.2) is 5.82 Å². The van der Waals surface area contributed by atoms with Crippen molar-refractivity contribution in [1.82, 2.24) is 10.2 Å². The number of hydrogen-bond donors (Lipinski definition) is 2. The molecule has 0 saturated carbocycles. The summed E-state index contributed by atoms with van der Waals surface area (Å²) in [6.45, 7) is 2.69. The molecule has 0 saturated heterocycles. The predicted octanol–water partition coefficient (Wildman–Crippen LogP) is 4.35. The van der Waals surface area contributed by atoms with E-state index in [0.29, 0.717) is 23.7 Å². The quantitative estimate of drug-likeness (QED) is 0.680. The maximum Gasteiger partial charge on any atom is 0.256 e. The largest absolute Gasteiger partial charge is 0.368 e. The lowest BCUT2D eigenvalue weighted by molar-refractivity contribution is 0.102. The first-order valence-corrected chi connectivity index (χ1v) is 8.68. The highest BCUT2D eigenvalue weighted by Gasteiger charge is 2.07. The van der Waals surface area contributed by atoms with Crippen molar-refractivity contribution >= 4 is 29.1 Å². The molecule has 1 amide bonds. The Balaban J connectivity index is 1.51. The van der Waals surface area contributed by atoms with Gasteiger partial charge < -0.3 is 10.6 Å². The number of nitrogens with zero attached hydrogens (tertiary/aromatic N) is 2. The molecule has 132 valence electrons.